The van der Waals surface area contributed by atoms with Crippen molar-refractivity contribution in [2.24, 2.45) is 0 Å². The normalized spacial score (nSPS) is 20.6. The van der Waals surface area contributed by atoms with Gasteiger partial charge in [-0.25, -0.2) is 14.1 Å². The molecule has 2 atom stereocenters. The van der Waals surface area contributed by atoms with E-state index < -0.39 is 0 Å². The Labute approximate surface area is 221 Å². The van der Waals surface area contributed by atoms with Crippen molar-refractivity contribution >= 4 is 23.2 Å². The molecule has 0 spiro atoms. The molecular weight excluding hydrogens is 493 g/mol. The molecule has 4 heterocycles. The summed E-state index contributed by atoms with van der Waals surface area (Å²) in [5, 5.41) is 8.47. The average Bonchev–Trinajstić information content (AvgIpc) is 3.43. The number of benzene rings is 1. The summed E-state index contributed by atoms with van der Waals surface area (Å²) in [5.74, 6) is 1.91. The Morgan fingerprint density at radius 1 is 1.27 bits per heavy atom. The Hall–Kier alpha value is -3.43. The Balaban J connectivity index is 1.36. The van der Waals surface area contributed by atoms with Gasteiger partial charge in [0.1, 0.15) is 28.9 Å². The molecule has 10 heteroatoms. The van der Waals surface area contributed by atoms with Gasteiger partial charge in [-0.15, -0.1) is 5.10 Å². The maximum absolute atomic E-state index is 13.7. The summed E-state index contributed by atoms with van der Waals surface area (Å²) in [6.45, 7) is 7.33. The number of hydrogen-bond donors (Lipinski definition) is 1. The lowest BCUT2D eigenvalue weighted by Crippen LogP contribution is -2.45. The van der Waals surface area contributed by atoms with Gasteiger partial charge in [0.2, 0.25) is 5.95 Å². The van der Waals surface area contributed by atoms with Crippen molar-refractivity contribution in [3.8, 4) is 0 Å². The molecular formula is C27H31ClFN7O. The van der Waals surface area contributed by atoms with Crippen LogP contribution < -0.4 is 5.32 Å². The number of fused-ring (bicyclic) bond motifs is 1. The van der Waals surface area contributed by atoms with Gasteiger partial charge in [0, 0.05) is 31.2 Å². The first-order valence-corrected chi connectivity index (χ1v) is 12.9. The highest BCUT2D eigenvalue weighted by atomic mass is 35.5. The predicted octanol–water partition coefficient (Wildman–Crippen LogP) is 4.94. The molecule has 5 rings (SSSR count). The summed E-state index contributed by atoms with van der Waals surface area (Å²) in [4.78, 5) is 11.5. The Morgan fingerprint density at radius 3 is 2.73 bits per heavy atom. The standard InChI is InChI=1S/C27H31ClFN7O/c1-3-5-23(35-17-25(28)31-18-35)24(37-2)10-12-30-27-32-26-22(19-6-8-20(29)9-7-19)16-21(34-13-4-14-34)11-15-36(26)33-27/h3,5-10,17-18,21-22H,1,4,11-16H2,2H3,(H,30,33)/b23-5+,24-10+. The Kier molecular flexibility index (Phi) is 7.71. The van der Waals surface area contributed by atoms with Gasteiger partial charge in [-0.2, -0.15) is 4.98 Å². The summed E-state index contributed by atoms with van der Waals surface area (Å²) < 4.78 is 23.1. The van der Waals surface area contributed by atoms with Crippen molar-refractivity contribution in [3.63, 3.8) is 0 Å². The highest BCUT2D eigenvalue weighted by Crippen LogP contribution is 2.35. The lowest BCUT2D eigenvalue weighted by Gasteiger charge is -2.39. The van der Waals surface area contributed by atoms with Gasteiger partial charge in [-0.05, 0) is 62.2 Å². The minimum absolute atomic E-state index is 0.0509. The zero-order valence-corrected chi connectivity index (χ0v) is 21.6. The Bertz CT molecular complexity index is 1290. The Morgan fingerprint density at radius 2 is 2.08 bits per heavy atom. The first kappa shape index (κ1) is 25.2. The minimum Gasteiger partial charge on any atom is -0.495 e. The van der Waals surface area contributed by atoms with E-state index in [1.54, 1.807) is 30.3 Å². The van der Waals surface area contributed by atoms with Crippen LogP contribution in [0.2, 0.25) is 5.15 Å². The van der Waals surface area contributed by atoms with Crippen molar-refractivity contribution in [3.05, 3.63) is 89.7 Å². The molecule has 0 amide bonds. The van der Waals surface area contributed by atoms with Crippen LogP contribution in [0.3, 0.4) is 0 Å². The van der Waals surface area contributed by atoms with Crippen LogP contribution in [-0.2, 0) is 11.3 Å². The lowest BCUT2D eigenvalue weighted by atomic mass is 9.89. The van der Waals surface area contributed by atoms with E-state index in [-0.39, 0.29) is 11.7 Å². The maximum atomic E-state index is 13.7. The van der Waals surface area contributed by atoms with E-state index in [4.69, 9.17) is 26.4 Å². The lowest BCUT2D eigenvalue weighted by molar-refractivity contribution is 0.103. The number of nitrogens with zero attached hydrogens (tertiary/aromatic N) is 6. The van der Waals surface area contributed by atoms with E-state index >= 15 is 0 Å². The number of hydrogen-bond acceptors (Lipinski definition) is 6. The quantitative estimate of drug-likeness (QED) is 0.316. The van der Waals surface area contributed by atoms with E-state index in [9.17, 15) is 4.39 Å². The van der Waals surface area contributed by atoms with Gasteiger partial charge in [0.15, 0.2) is 0 Å². The highest BCUT2D eigenvalue weighted by molar-refractivity contribution is 6.29. The molecule has 2 aromatic heterocycles. The first-order chi connectivity index (χ1) is 18.1. The zero-order chi connectivity index (χ0) is 25.8. The molecule has 0 saturated carbocycles. The number of nitrogens with one attached hydrogen (secondary N) is 1. The second kappa shape index (κ2) is 11.3. The molecule has 194 valence electrons. The summed E-state index contributed by atoms with van der Waals surface area (Å²) in [5.41, 5.74) is 1.81. The number of halogens is 2. The van der Waals surface area contributed by atoms with Crippen LogP contribution in [0.15, 0.2) is 67.4 Å². The van der Waals surface area contributed by atoms with Crippen LogP contribution in [-0.4, -0.2) is 62.0 Å². The molecule has 0 radical (unpaired) electrons. The smallest absolute Gasteiger partial charge is 0.242 e. The molecule has 1 aromatic carbocycles. The second-order valence-electron chi connectivity index (χ2n) is 9.23. The summed E-state index contributed by atoms with van der Waals surface area (Å²) in [7, 11) is 1.61. The van der Waals surface area contributed by atoms with E-state index in [0.29, 0.717) is 29.4 Å². The van der Waals surface area contributed by atoms with E-state index in [1.807, 2.05) is 29.0 Å². The molecule has 1 fully saturated rings. The maximum Gasteiger partial charge on any atom is 0.242 e. The molecule has 0 aliphatic carbocycles. The molecule has 1 saturated heterocycles. The molecule has 2 unspecified atom stereocenters. The third kappa shape index (κ3) is 5.62. The number of allylic oxidation sites excluding steroid dienone is 3. The largest absolute Gasteiger partial charge is 0.495 e. The van der Waals surface area contributed by atoms with Crippen LogP contribution >= 0.6 is 11.6 Å². The number of ether oxygens (including phenoxy) is 1. The van der Waals surface area contributed by atoms with Gasteiger partial charge < -0.3 is 19.5 Å². The van der Waals surface area contributed by atoms with Crippen LogP contribution in [0.1, 0.15) is 36.6 Å². The molecule has 37 heavy (non-hydrogen) atoms. The summed E-state index contributed by atoms with van der Waals surface area (Å²) in [6, 6.07) is 7.26. The molecule has 2 aliphatic heterocycles. The van der Waals surface area contributed by atoms with Crippen molar-refractivity contribution in [2.45, 2.75) is 37.8 Å². The number of methoxy groups -OCH3 is 1. The third-order valence-corrected chi connectivity index (χ3v) is 7.19. The van der Waals surface area contributed by atoms with Crippen LogP contribution in [0.5, 0.6) is 0 Å². The van der Waals surface area contributed by atoms with Crippen molar-refractivity contribution < 1.29 is 9.13 Å². The monoisotopic (exact) mass is 523 g/mol. The zero-order valence-electron chi connectivity index (χ0n) is 20.9. The predicted molar refractivity (Wildman–Crippen MR) is 143 cm³/mol. The van der Waals surface area contributed by atoms with Crippen LogP contribution in [0, 0.1) is 5.82 Å². The van der Waals surface area contributed by atoms with Crippen LogP contribution in [0.25, 0.3) is 5.70 Å². The third-order valence-electron chi connectivity index (χ3n) is 7.00. The van der Waals surface area contributed by atoms with E-state index in [1.165, 1.54) is 18.6 Å². The van der Waals surface area contributed by atoms with E-state index in [0.717, 1.165) is 49.6 Å². The first-order valence-electron chi connectivity index (χ1n) is 12.5. The fourth-order valence-corrected chi connectivity index (χ4v) is 5.15. The number of rotatable bonds is 9. The summed E-state index contributed by atoms with van der Waals surface area (Å²) in [6.07, 6.45) is 12.0. The van der Waals surface area contributed by atoms with Crippen molar-refractivity contribution in [1.82, 2.24) is 29.2 Å². The van der Waals surface area contributed by atoms with Gasteiger partial charge >= 0.3 is 0 Å². The summed E-state index contributed by atoms with van der Waals surface area (Å²) >= 11 is 6.00. The number of anilines is 1. The second-order valence-corrected chi connectivity index (χ2v) is 9.62. The van der Waals surface area contributed by atoms with Crippen LogP contribution in [0.4, 0.5) is 10.3 Å². The topological polar surface area (TPSA) is 73.0 Å². The molecule has 8 nitrogen and oxygen atoms in total. The molecule has 0 bridgehead atoms. The van der Waals surface area contributed by atoms with Gasteiger partial charge in [-0.1, -0.05) is 36.4 Å². The molecule has 3 aromatic rings. The number of aromatic nitrogens is 5. The van der Waals surface area contributed by atoms with Crippen molar-refractivity contribution in [2.75, 3.05) is 32.1 Å². The number of aryl methyl sites for hydroxylation is 1. The van der Waals surface area contributed by atoms with E-state index in [2.05, 4.69) is 21.8 Å². The van der Waals surface area contributed by atoms with Gasteiger partial charge in [0.25, 0.3) is 0 Å². The number of imidazole rings is 1. The van der Waals surface area contributed by atoms with Gasteiger partial charge in [-0.3, -0.25) is 0 Å². The van der Waals surface area contributed by atoms with Crippen molar-refractivity contribution in [1.29, 1.82) is 0 Å². The highest BCUT2D eigenvalue weighted by Gasteiger charge is 2.33. The van der Waals surface area contributed by atoms with Gasteiger partial charge in [0.05, 0.1) is 12.8 Å². The average molecular weight is 524 g/mol. The fraction of sp³-hybridized carbons (Fsp3) is 0.370. The minimum atomic E-state index is -0.232. The fourth-order valence-electron chi connectivity index (χ4n) is 5.00. The number of likely N-dealkylation sites (tertiary alicyclic amines) is 1. The molecule has 2 aliphatic rings. The molecule has 1 N–H and O–H groups in total. The SMILES string of the molecule is C=C/C=C(\C(=C/CNc1nc2n(n1)CCC(N1CCC1)CC2c1ccc(F)cc1)OC)n1cnc(Cl)c1.